The standard InChI is InChI=1S/C11H17N5O5/c12-8(17)3-7(9(18)19)14-11(21)15-1-2-16-6(5-15)4-13-10(16)20/h6-7H,1-5H2,(H2,12,17)(H,13,20)(H,14,21)(H,18,19)/t6?,7-/m0/s1. The van der Waals surface area contributed by atoms with E-state index in [-0.39, 0.29) is 12.1 Å². The Bertz CT molecular complexity index is 482. The molecule has 0 bridgehead atoms. The van der Waals surface area contributed by atoms with E-state index in [1.165, 1.54) is 4.90 Å². The maximum atomic E-state index is 12.0. The number of nitrogens with one attached hydrogen (secondary N) is 2. The minimum atomic E-state index is -1.35. The van der Waals surface area contributed by atoms with Gasteiger partial charge in [0.1, 0.15) is 6.04 Å². The number of carboxylic acid groups (broad SMARTS) is 1. The molecule has 2 fully saturated rings. The zero-order valence-corrected chi connectivity index (χ0v) is 11.2. The highest BCUT2D eigenvalue weighted by Crippen LogP contribution is 2.14. The first-order chi connectivity index (χ1) is 9.88. The van der Waals surface area contributed by atoms with E-state index in [1.54, 1.807) is 4.90 Å². The number of hydrogen-bond donors (Lipinski definition) is 4. The monoisotopic (exact) mass is 299 g/mol. The maximum absolute atomic E-state index is 12.0. The molecule has 2 rings (SSSR count). The largest absolute Gasteiger partial charge is 0.480 e. The van der Waals surface area contributed by atoms with E-state index < -0.39 is 30.4 Å². The van der Waals surface area contributed by atoms with Crippen molar-refractivity contribution in [1.82, 2.24) is 20.4 Å². The zero-order chi connectivity index (χ0) is 15.6. The minimum absolute atomic E-state index is 0.114. The van der Waals surface area contributed by atoms with E-state index in [0.717, 1.165) is 0 Å². The van der Waals surface area contributed by atoms with Crippen LogP contribution >= 0.6 is 0 Å². The topological polar surface area (TPSA) is 145 Å². The molecule has 5 amide bonds. The van der Waals surface area contributed by atoms with Gasteiger partial charge in [-0.15, -0.1) is 0 Å². The van der Waals surface area contributed by atoms with Crippen LogP contribution in [0, 0.1) is 0 Å². The molecule has 2 aliphatic rings. The average molecular weight is 299 g/mol. The van der Waals surface area contributed by atoms with Crippen LogP contribution in [0.15, 0.2) is 0 Å². The van der Waals surface area contributed by atoms with Crippen LogP contribution in [-0.2, 0) is 9.59 Å². The van der Waals surface area contributed by atoms with Gasteiger partial charge < -0.3 is 31.3 Å². The number of rotatable bonds is 4. The lowest BCUT2D eigenvalue weighted by Crippen LogP contribution is -2.58. The molecule has 0 spiro atoms. The fourth-order valence-corrected chi connectivity index (χ4v) is 2.43. The second-order valence-electron chi connectivity index (χ2n) is 4.99. The van der Waals surface area contributed by atoms with Crippen LogP contribution in [0.1, 0.15) is 6.42 Å². The van der Waals surface area contributed by atoms with Crippen molar-refractivity contribution in [2.24, 2.45) is 5.73 Å². The molecule has 0 aromatic heterocycles. The fraction of sp³-hybridized carbons (Fsp3) is 0.636. The molecular formula is C11H17N5O5. The molecule has 10 nitrogen and oxygen atoms in total. The van der Waals surface area contributed by atoms with E-state index in [0.29, 0.717) is 26.2 Å². The number of carbonyl (C=O) groups is 4. The Morgan fingerprint density at radius 1 is 1.43 bits per heavy atom. The van der Waals surface area contributed by atoms with E-state index in [4.69, 9.17) is 10.8 Å². The SMILES string of the molecule is NC(=O)C[C@H](NC(=O)N1CCN2C(=O)NCC2C1)C(=O)O. The van der Waals surface area contributed by atoms with Gasteiger partial charge in [0.2, 0.25) is 5.91 Å². The van der Waals surface area contributed by atoms with E-state index in [9.17, 15) is 19.2 Å². The minimum Gasteiger partial charge on any atom is -0.480 e. The Morgan fingerprint density at radius 3 is 2.76 bits per heavy atom. The van der Waals surface area contributed by atoms with Crippen LogP contribution in [-0.4, -0.2) is 77.1 Å². The van der Waals surface area contributed by atoms with E-state index in [2.05, 4.69) is 10.6 Å². The third kappa shape index (κ3) is 3.33. The van der Waals surface area contributed by atoms with Gasteiger partial charge in [-0.25, -0.2) is 14.4 Å². The predicted octanol–water partition coefficient (Wildman–Crippen LogP) is -2.27. The number of carbonyl (C=O) groups excluding carboxylic acids is 3. The Kier molecular flexibility index (Phi) is 4.15. The lowest BCUT2D eigenvalue weighted by atomic mass is 10.2. The Morgan fingerprint density at radius 2 is 2.14 bits per heavy atom. The lowest BCUT2D eigenvalue weighted by molar-refractivity contribution is -0.141. The van der Waals surface area contributed by atoms with Gasteiger partial charge in [-0.05, 0) is 0 Å². The number of hydrogen-bond acceptors (Lipinski definition) is 4. The van der Waals surface area contributed by atoms with Gasteiger partial charge in [0.15, 0.2) is 0 Å². The summed E-state index contributed by atoms with van der Waals surface area (Å²) in [5.41, 5.74) is 4.95. The van der Waals surface area contributed by atoms with Crippen LogP contribution in [0.2, 0.25) is 0 Å². The summed E-state index contributed by atoms with van der Waals surface area (Å²) < 4.78 is 0. The molecule has 0 aromatic carbocycles. The number of urea groups is 2. The highest BCUT2D eigenvalue weighted by molar-refractivity contribution is 5.87. The van der Waals surface area contributed by atoms with Crippen molar-refractivity contribution in [3.8, 4) is 0 Å². The number of aliphatic carboxylic acids is 1. The normalized spacial score (nSPS) is 22.3. The Balaban J connectivity index is 1.92. The van der Waals surface area contributed by atoms with Crippen molar-refractivity contribution >= 4 is 23.9 Å². The van der Waals surface area contributed by atoms with Crippen LogP contribution in [0.3, 0.4) is 0 Å². The number of primary amides is 1. The summed E-state index contributed by atoms with van der Waals surface area (Å²) in [5.74, 6) is -2.13. The number of carboxylic acids is 1. The van der Waals surface area contributed by atoms with Gasteiger partial charge in [0, 0.05) is 26.2 Å². The third-order valence-corrected chi connectivity index (χ3v) is 3.52. The zero-order valence-electron chi connectivity index (χ0n) is 11.2. The molecule has 0 aromatic rings. The highest BCUT2D eigenvalue weighted by Gasteiger charge is 2.37. The molecule has 2 heterocycles. The molecule has 2 saturated heterocycles. The Hall–Kier alpha value is -2.52. The van der Waals surface area contributed by atoms with E-state index in [1.807, 2.05) is 0 Å². The molecular weight excluding hydrogens is 282 g/mol. The maximum Gasteiger partial charge on any atom is 0.326 e. The van der Waals surface area contributed by atoms with Gasteiger partial charge in [-0.3, -0.25) is 4.79 Å². The number of amides is 5. The van der Waals surface area contributed by atoms with E-state index >= 15 is 0 Å². The van der Waals surface area contributed by atoms with Crippen molar-refractivity contribution < 1.29 is 24.3 Å². The molecule has 10 heteroatoms. The number of nitrogens with zero attached hydrogens (tertiary/aromatic N) is 2. The molecule has 0 radical (unpaired) electrons. The smallest absolute Gasteiger partial charge is 0.326 e. The molecule has 116 valence electrons. The molecule has 2 aliphatic heterocycles. The van der Waals surface area contributed by atoms with Crippen molar-refractivity contribution in [3.05, 3.63) is 0 Å². The average Bonchev–Trinajstić information content (AvgIpc) is 2.78. The van der Waals surface area contributed by atoms with Gasteiger partial charge in [0.25, 0.3) is 0 Å². The lowest BCUT2D eigenvalue weighted by Gasteiger charge is -2.36. The first kappa shape index (κ1) is 14.9. The molecule has 1 unspecified atom stereocenters. The number of nitrogens with two attached hydrogens (primary N) is 1. The highest BCUT2D eigenvalue weighted by atomic mass is 16.4. The van der Waals surface area contributed by atoms with Crippen molar-refractivity contribution in [2.45, 2.75) is 18.5 Å². The van der Waals surface area contributed by atoms with Gasteiger partial charge in [-0.2, -0.15) is 0 Å². The summed E-state index contributed by atoms with van der Waals surface area (Å²) in [6.07, 6.45) is -0.468. The van der Waals surface area contributed by atoms with Crippen LogP contribution < -0.4 is 16.4 Å². The van der Waals surface area contributed by atoms with Crippen molar-refractivity contribution in [3.63, 3.8) is 0 Å². The summed E-state index contributed by atoms with van der Waals surface area (Å²) in [5, 5.41) is 13.9. The summed E-state index contributed by atoms with van der Waals surface area (Å²) in [6, 6.07) is -2.20. The van der Waals surface area contributed by atoms with Crippen molar-refractivity contribution in [2.75, 3.05) is 26.2 Å². The molecule has 5 N–H and O–H groups in total. The van der Waals surface area contributed by atoms with Crippen LogP contribution in [0.25, 0.3) is 0 Å². The third-order valence-electron chi connectivity index (χ3n) is 3.52. The predicted molar refractivity (Wildman–Crippen MR) is 69.2 cm³/mol. The van der Waals surface area contributed by atoms with Crippen LogP contribution in [0.5, 0.6) is 0 Å². The summed E-state index contributed by atoms with van der Waals surface area (Å²) in [6.45, 7) is 1.45. The number of piperazine rings is 1. The van der Waals surface area contributed by atoms with Gasteiger partial charge in [-0.1, -0.05) is 0 Å². The second-order valence-corrected chi connectivity index (χ2v) is 4.99. The summed E-state index contributed by atoms with van der Waals surface area (Å²) >= 11 is 0. The van der Waals surface area contributed by atoms with Gasteiger partial charge >= 0.3 is 18.0 Å². The summed E-state index contributed by atoms with van der Waals surface area (Å²) in [7, 11) is 0. The molecule has 0 saturated carbocycles. The fourth-order valence-electron chi connectivity index (χ4n) is 2.43. The first-order valence-electron chi connectivity index (χ1n) is 6.49. The van der Waals surface area contributed by atoms with Crippen LogP contribution in [0.4, 0.5) is 9.59 Å². The molecule has 2 atom stereocenters. The first-order valence-corrected chi connectivity index (χ1v) is 6.49. The number of fused-ring (bicyclic) bond motifs is 1. The molecule has 0 aliphatic carbocycles. The quantitative estimate of drug-likeness (QED) is 0.462. The van der Waals surface area contributed by atoms with Gasteiger partial charge in [0.05, 0.1) is 12.5 Å². The molecule has 21 heavy (non-hydrogen) atoms. The summed E-state index contributed by atoms with van der Waals surface area (Å²) in [4.78, 5) is 48.3. The Labute approximate surface area is 120 Å². The second kappa shape index (κ2) is 5.85. The van der Waals surface area contributed by atoms with Crippen molar-refractivity contribution in [1.29, 1.82) is 0 Å².